The Balaban J connectivity index is 1.53. The number of anilines is 1. The van der Waals surface area contributed by atoms with Crippen molar-refractivity contribution in [1.82, 2.24) is 4.98 Å². The molecule has 3 N–H and O–H groups in total. The number of hydrogen-bond acceptors (Lipinski definition) is 7. The fourth-order valence-electron chi connectivity index (χ4n) is 3.35. The van der Waals surface area contributed by atoms with Crippen LogP contribution in [0.1, 0.15) is 33.0 Å². The van der Waals surface area contributed by atoms with E-state index in [9.17, 15) is 19.8 Å². The number of phenolic OH excluding ortho intramolecular Hbond substituents is 1. The number of thiazole rings is 1. The number of carboxylic acid groups (broad SMARTS) is 1. The highest BCUT2D eigenvalue weighted by Gasteiger charge is 2.24. The second kappa shape index (κ2) is 7.12. The van der Waals surface area contributed by atoms with E-state index in [0.717, 1.165) is 34.1 Å². The van der Waals surface area contributed by atoms with Crippen molar-refractivity contribution < 1.29 is 24.2 Å². The summed E-state index contributed by atoms with van der Waals surface area (Å²) in [5, 5.41) is 26.0. The monoisotopic (exact) mass is 438 g/mol. The summed E-state index contributed by atoms with van der Waals surface area (Å²) in [4.78, 5) is 29.0. The summed E-state index contributed by atoms with van der Waals surface area (Å²) in [6.45, 7) is 0. The lowest BCUT2D eigenvalue weighted by Crippen LogP contribution is -2.23. The van der Waals surface area contributed by atoms with Gasteiger partial charge in [-0.25, -0.2) is 9.78 Å². The van der Waals surface area contributed by atoms with E-state index in [-0.39, 0.29) is 26.9 Å². The highest BCUT2D eigenvalue weighted by atomic mass is 32.1. The largest absolute Gasteiger partial charge is 0.504 e. The Labute approximate surface area is 177 Å². The number of aromatic nitrogens is 1. The van der Waals surface area contributed by atoms with Gasteiger partial charge in [-0.3, -0.25) is 4.79 Å². The lowest BCUT2D eigenvalue weighted by Gasteiger charge is -2.03. The summed E-state index contributed by atoms with van der Waals surface area (Å²) in [5.41, 5.74) is 0.548. The van der Waals surface area contributed by atoms with Gasteiger partial charge in [0.1, 0.15) is 16.3 Å². The van der Waals surface area contributed by atoms with Gasteiger partial charge in [0, 0.05) is 16.3 Å². The van der Waals surface area contributed by atoms with Crippen molar-refractivity contribution in [2.75, 3.05) is 5.32 Å². The first kappa shape index (κ1) is 18.6. The topological polar surface area (TPSA) is 113 Å². The number of carbonyl (C=O) groups excluding carboxylic acids is 1. The molecule has 0 radical (unpaired) electrons. The highest BCUT2D eigenvalue weighted by Crippen LogP contribution is 2.39. The minimum absolute atomic E-state index is 0.0271. The molecule has 9 heteroatoms. The van der Waals surface area contributed by atoms with Gasteiger partial charge in [-0.05, 0) is 25.0 Å². The van der Waals surface area contributed by atoms with Crippen LogP contribution in [0.2, 0.25) is 0 Å². The molecule has 0 saturated carbocycles. The number of thiophene rings is 1. The number of rotatable bonds is 4. The number of nitrogens with zero attached hydrogens (tertiary/aromatic N) is 1. The van der Waals surface area contributed by atoms with E-state index < -0.39 is 11.9 Å². The zero-order chi connectivity index (χ0) is 20.8. The van der Waals surface area contributed by atoms with Crippen LogP contribution in [0, 0.1) is 0 Å². The number of para-hydroxylation sites is 1. The third-order valence-electron chi connectivity index (χ3n) is 4.73. The van der Waals surface area contributed by atoms with Crippen LogP contribution in [0.4, 0.5) is 5.00 Å². The molecular formula is C21H14N2O5S2. The summed E-state index contributed by atoms with van der Waals surface area (Å²) in [5.74, 6) is -1.36. The predicted molar refractivity (Wildman–Crippen MR) is 116 cm³/mol. The van der Waals surface area contributed by atoms with Gasteiger partial charge in [0.25, 0.3) is 5.91 Å². The van der Waals surface area contributed by atoms with Crippen LogP contribution in [0.25, 0.3) is 34.4 Å². The van der Waals surface area contributed by atoms with E-state index in [1.54, 1.807) is 23.6 Å². The molecule has 1 aromatic carbocycles. The second-order valence-corrected chi connectivity index (χ2v) is 8.58. The maximum atomic E-state index is 12.7. The van der Waals surface area contributed by atoms with E-state index in [4.69, 9.17) is 4.42 Å². The van der Waals surface area contributed by atoms with Crippen molar-refractivity contribution in [3.63, 3.8) is 0 Å². The number of phenols is 1. The van der Waals surface area contributed by atoms with Crippen molar-refractivity contribution in [2.45, 2.75) is 12.8 Å². The van der Waals surface area contributed by atoms with Crippen LogP contribution in [-0.4, -0.2) is 27.1 Å². The first-order valence-electron chi connectivity index (χ1n) is 9.06. The maximum absolute atomic E-state index is 12.7. The van der Waals surface area contributed by atoms with E-state index in [2.05, 4.69) is 10.3 Å². The molecule has 1 aliphatic rings. The highest BCUT2D eigenvalue weighted by molar-refractivity contribution is 7.15. The summed E-state index contributed by atoms with van der Waals surface area (Å²) in [6.07, 6.45) is 5.85. The molecular weight excluding hydrogens is 424 g/mol. The average Bonchev–Trinajstić information content (AvgIpc) is 3.44. The molecule has 7 nitrogen and oxygen atoms in total. The SMILES string of the molecule is O=C(Nc1scc(-c2cc3cccc(O)c3o2)c1C(=O)O)c1nc2c(s1)=CCCC=2. The Kier molecular flexibility index (Phi) is 4.41. The summed E-state index contributed by atoms with van der Waals surface area (Å²) in [6, 6.07) is 6.60. The zero-order valence-electron chi connectivity index (χ0n) is 15.3. The molecule has 30 heavy (non-hydrogen) atoms. The smallest absolute Gasteiger partial charge is 0.339 e. The molecule has 0 fully saturated rings. The number of aromatic hydroxyl groups is 1. The lowest BCUT2D eigenvalue weighted by molar-refractivity contribution is 0.0699. The normalized spacial score (nSPS) is 12.8. The first-order chi connectivity index (χ1) is 14.5. The van der Waals surface area contributed by atoms with E-state index in [1.807, 2.05) is 12.2 Å². The molecule has 0 atom stereocenters. The first-order valence-corrected chi connectivity index (χ1v) is 10.8. The van der Waals surface area contributed by atoms with Gasteiger partial charge >= 0.3 is 5.97 Å². The fourth-order valence-corrected chi connectivity index (χ4v) is 5.22. The number of nitrogens with one attached hydrogen (secondary N) is 1. The average molecular weight is 438 g/mol. The molecule has 0 saturated heterocycles. The summed E-state index contributed by atoms with van der Waals surface area (Å²) < 4.78 is 6.65. The number of carbonyl (C=O) groups is 2. The molecule has 1 aliphatic carbocycles. The van der Waals surface area contributed by atoms with E-state index in [0.29, 0.717) is 16.7 Å². The van der Waals surface area contributed by atoms with E-state index >= 15 is 0 Å². The second-order valence-electron chi connectivity index (χ2n) is 6.67. The van der Waals surface area contributed by atoms with Crippen molar-refractivity contribution in [3.8, 4) is 17.1 Å². The zero-order valence-corrected chi connectivity index (χ0v) is 17.0. The third-order valence-corrected chi connectivity index (χ3v) is 6.69. The Bertz CT molecular complexity index is 1410. The van der Waals surface area contributed by atoms with Gasteiger partial charge in [0.2, 0.25) is 0 Å². The van der Waals surface area contributed by atoms with Gasteiger partial charge in [-0.15, -0.1) is 22.7 Å². The minimum Gasteiger partial charge on any atom is -0.504 e. The fraction of sp³-hybridized carbons (Fsp3) is 0.0952. The number of carboxylic acids is 1. The molecule has 3 heterocycles. The van der Waals surface area contributed by atoms with Crippen LogP contribution in [0.15, 0.2) is 34.1 Å². The van der Waals surface area contributed by atoms with Gasteiger partial charge in [-0.2, -0.15) is 0 Å². The molecule has 0 bridgehead atoms. The molecule has 0 spiro atoms. The van der Waals surface area contributed by atoms with Gasteiger partial charge in [0.15, 0.2) is 16.3 Å². The predicted octanol–water partition coefficient (Wildman–Crippen LogP) is 3.63. The summed E-state index contributed by atoms with van der Waals surface area (Å²) in [7, 11) is 0. The number of aromatic carboxylic acids is 1. The Hall–Kier alpha value is -3.43. The Morgan fingerprint density at radius 1 is 1.20 bits per heavy atom. The van der Waals surface area contributed by atoms with Crippen molar-refractivity contribution >= 4 is 62.7 Å². The third kappa shape index (κ3) is 3.08. The van der Waals surface area contributed by atoms with Crippen LogP contribution in [0.5, 0.6) is 5.75 Å². The minimum atomic E-state index is -1.19. The van der Waals surface area contributed by atoms with Crippen LogP contribution >= 0.6 is 22.7 Å². The van der Waals surface area contributed by atoms with Crippen LogP contribution in [-0.2, 0) is 0 Å². The van der Waals surface area contributed by atoms with Gasteiger partial charge < -0.3 is 19.9 Å². The van der Waals surface area contributed by atoms with Crippen LogP contribution < -0.4 is 15.2 Å². The van der Waals surface area contributed by atoms with E-state index in [1.165, 1.54) is 17.4 Å². The van der Waals surface area contributed by atoms with Crippen molar-refractivity contribution in [1.29, 1.82) is 0 Å². The maximum Gasteiger partial charge on any atom is 0.339 e. The van der Waals surface area contributed by atoms with Crippen LogP contribution in [0.3, 0.4) is 0 Å². The number of furan rings is 1. The molecule has 0 aliphatic heterocycles. The molecule has 150 valence electrons. The van der Waals surface area contributed by atoms with Crippen molar-refractivity contribution in [3.05, 3.63) is 50.1 Å². The summed E-state index contributed by atoms with van der Waals surface area (Å²) >= 11 is 2.38. The molecule has 5 rings (SSSR count). The number of benzene rings is 1. The Morgan fingerprint density at radius 2 is 2.03 bits per heavy atom. The molecule has 4 aromatic rings. The van der Waals surface area contributed by atoms with Gasteiger partial charge in [0.05, 0.1) is 9.88 Å². The quantitative estimate of drug-likeness (QED) is 0.449. The standard InChI is InChI=1S/C21H14N2O5S2/c24-13-6-3-4-10-8-14(28-17(10)13)11-9-29-19(16(11)21(26)27)23-18(25)20-22-12-5-1-2-7-15(12)30-20/h3-9,24H,1-2H2,(H,23,25)(H,26,27). The number of fused-ring (bicyclic) bond motifs is 2. The molecule has 1 amide bonds. The molecule has 3 aromatic heterocycles. The Morgan fingerprint density at radius 3 is 2.80 bits per heavy atom. The van der Waals surface area contributed by atoms with Gasteiger partial charge in [-0.1, -0.05) is 24.3 Å². The lowest BCUT2D eigenvalue weighted by atomic mass is 10.1. The number of hydrogen-bond donors (Lipinski definition) is 3. The molecule has 0 unspecified atom stereocenters. The number of amides is 1. The van der Waals surface area contributed by atoms with Crippen molar-refractivity contribution in [2.24, 2.45) is 0 Å².